The van der Waals surface area contributed by atoms with Gasteiger partial charge in [-0.2, -0.15) is 4.31 Å². The fraction of sp³-hybridized carbons (Fsp3) is 0.353. The van der Waals surface area contributed by atoms with Crippen molar-refractivity contribution in [3.8, 4) is 0 Å². The van der Waals surface area contributed by atoms with Crippen molar-refractivity contribution in [1.82, 2.24) is 9.21 Å². The van der Waals surface area contributed by atoms with Gasteiger partial charge in [0.1, 0.15) is 5.82 Å². The molecule has 0 N–H and O–H groups in total. The summed E-state index contributed by atoms with van der Waals surface area (Å²) in [7, 11) is -3.66. The Kier molecular flexibility index (Phi) is 5.21. The Morgan fingerprint density at radius 3 is 2.36 bits per heavy atom. The van der Waals surface area contributed by atoms with Crippen LogP contribution in [0.3, 0.4) is 0 Å². The molecule has 25 heavy (non-hydrogen) atoms. The number of hydrogen-bond donors (Lipinski definition) is 0. The van der Waals surface area contributed by atoms with Crippen molar-refractivity contribution in [1.29, 1.82) is 0 Å². The van der Waals surface area contributed by atoms with Crippen LogP contribution in [-0.4, -0.2) is 49.7 Å². The number of rotatable bonds is 4. The summed E-state index contributed by atoms with van der Waals surface area (Å²) in [6, 6.07) is 6.69. The number of hydrogen-bond acceptors (Lipinski definition) is 4. The zero-order chi connectivity index (χ0) is 18.0. The quantitative estimate of drug-likeness (QED) is 0.817. The lowest BCUT2D eigenvalue weighted by Crippen LogP contribution is -2.50. The second-order valence-electron chi connectivity index (χ2n) is 5.81. The fourth-order valence-corrected chi connectivity index (χ4v) is 4.98. The monoisotopic (exact) mass is 382 g/mol. The standard InChI is InChI=1S/C17H19FN2O3S2/c1-2-15-11-13(12-24-15)17(21)19-7-9-20(10-8-19)25(22,23)16-5-3-14(18)4-6-16/h3-6,11-12H,2,7-10H2,1H3. The molecule has 2 aromatic rings. The van der Waals surface area contributed by atoms with Gasteiger partial charge in [0.2, 0.25) is 10.0 Å². The first kappa shape index (κ1) is 18.0. The Bertz CT molecular complexity index is 854. The highest BCUT2D eigenvalue weighted by Gasteiger charge is 2.30. The highest BCUT2D eigenvalue weighted by Crippen LogP contribution is 2.21. The third kappa shape index (κ3) is 3.75. The molecular formula is C17H19FN2O3S2. The van der Waals surface area contributed by atoms with E-state index in [2.05, 4.69) is 0 Å². The molecule has 2 heterocycles. The molecular weight excluding hydrogens is 363 g/mol. The topological polar surface area (TPSA) is 57.7 Å². The molecule has 0 unspecified atom stereocenters. The zero-order valence-corrected chi connectivity index (χ0v) is 15.4. The lowest BCUT2D eigenvalue weighted by atomic mass is 10.2. The summed E-state index contributed by atoms with van der Waals surface area (Å²) in [4.78, 5) is 15.4. The molecule has 1 aliphatic rings. The fourth-order valence-electron chi connectivity index (χ4n) is 2.75. The molecule has 8 heteroatoms. The van der Waals surface area contributed by atoms with Crippen molar-refractivity contribution in [2.24, 2.45) is 0 Å². The van der Waals surface area contributed by atoms with Crippen molar-refractivity contribution in [2.75, 3.05) is 26.2 Å². The van der Waals surface area contributed by atoms with Crippen LogP contribution in [0.15, 0.2) is 40.6 Å². The molecule has 1 aliphatic heterocycles. The first-order valence-corrected chi connectivity index (χ1v) is 10.4. The highest BCUT2D eigenvalue weighted by atomic mass is 32.2. The molecule has 0 atom stereocenters. The number of thiophene rings is 1. The molecule has 134 valence electrons. The van der Waals surface area contributed by atoms with E-state index in [0.717, 1.165) is 23.4 Å². The number of amides is 1. The van der Waals surface area contributed by atoms with Crippen LogP contribution in [0.1, 0.15) is 22.2 Å². The van der Waals surface area contributed by atoms with Gasteiger partial charge in [0.05, 0.1) is 10.5 Å². The maximum atomic E-state index is 13.0. The summed E-state index contributed by atoms with van der Waals surface area (Å²) in [5, 5.41) is 1.85. The Labute approximate surface area is 150 Å². The third-order valence-electron chi connectivity index (χ3n) is 4.23. The van der Waals surface area contributed by atoms with Crippen molar-refractivity contribution in [3.05, 3.63) is 52.0 Å². The predicted octanol–water partition coefficient (Wildman–Crippen LogP) is 2.60. The minimum Gasteiger partial charge on any atom is -0.336 e. The normalized spacial score (nSPS) is 16.2. The van der Waals surface area contributed by atoms with E-state index in [0.29, 0.717) is 18.7 Å². The largest absolute Gasteiger partial charge is 0.336 e. The second-order valence-corrected chi connectivity index (χ2v) is 8.74. The number of aryl methyl sites for hydroxylation is 1. The molecule has 0 bridgehead atoms. The molecule has 0 saturated carbocycles. The van der Waals surface area contributed by atoms with Gasteiger partial charge in [-0.05, 0) is 36.8 Å². The molecule has 3 rings (SSSR count). The van der Waals surface area contributed by atoms with Gasteiger partial charge in [-0.25, -0.2) is 12.8 Å². The van der Waals surface area contributed by atoms with Crippen LogP contribution in [0, 0.1) is 5.82 Å². The van der Waals surface area contributed by atoms with Crippen LogP contribution >= 0.6 is 11.3 Å². The van der Waals surface area contributed by atoms with Crippen LogP contribution in [0.4, 0.5) is 4.39 Å². The molecule has 1 saturated heterocycles. The molecule has 5 nitrogen and oxygen atoms in total. The van der Waals surface area contributed by atoms with Gasteiger partial charge in [0.15, 0.2) is 0 Å². The van der Waals surface area contributed by atoms with E-state index in [9.17, 15) is 17.6 Å². The summed E-state index contributed by atoms with van der Waals surface area (Å²) >= 11 is 1.56. The van der Waals surface area contributed by atoms with Crippen LogP contribution < -0.4 is 0 Å². The van der Waals surface area contributed by atoms with Gasteiger partial charge < -0.3 is 4.90 Å². The number of carbonyl (C=O) groups is 1. The maximum Gasteiger partial charge on any atom is 0.254 e. The number of carbonyl (C=O) groups excluding carboxylic acids is 1. The second kappa shape index (κ2) is 7.23. The van der Waals surface area contributed by atoms with E-state index < -0.39 is 15.8 Å². The first-order chi connectivity index (χ1) is 11.9. The molecule has 1 aromatic heterocycles. The van der Waals surface area contributed by atoms with E-state index in [1.54, 1.807) is 16.2 Å². The van der Waals surface area contributed by atoms with Crippen molar-refractivity contribution < 1.29 is 17.6 Å². The Balaban J connectivity index is 1.67. The molecule has 1 fully saturated rings. The number of halogens is 1. The summed E-state index contributed by atoms with van der Waals surface area (Å²) in [6.45, 7) is 3.19. The van der Waals surface area contributed by atoms with Crippen LogP contribution in [0.25, 0.3) is 0 Å². The molecule has 1 aromatic carbocycles. The predicted molar refractivity (Wildman–Crippen MR) is 94.8 cm³/mol. The molecule has 0 aliphatic carbocycles. The number of sulfonamides is 1. The van der Waals surface area contributed by atoms with E-state index >= 15 is 0 Å². The molecule has 0 spiro atoms. The minimum absolute atomic E-state index is 0.0604. The number of benzene rings is 1. The first-order valence-electron chi connectivity index (χ1n) is 8.04. The zero-order valence-electron chi connectivity index (χ0n) is 13.8. The average Bonchev–Trinajstić information content (AvgIpc) is 3.11. The minimum atomic E-state index is -3.66. The summed E-state index contributed by atoms with van der Waals surface area (Å²) in [5.41, 5.74) is 0.664. The molecule has 0 radical (unpaired) electrons. The van der Waals surface area contributed by atoms with Gasteiger partial charge in [-0.15, -0.1) is 11.3 Å². The summed E-state index contributed by atoms with van der Waals surface area (Å²) in [6.07, 6.45) is 0.891. The van der Waals surface area contributed by atoms with Gasteiger partial charge in [-0.3, -0.25) is 4.79 Å². The average molecular weight is 382 g/mol. The Morgan fingerprint density at radius 2 is 1.80 bits per heavy atom. The van der Waals surface area contributed by atoms with Crippen molar-refractivity contribution >= 4 is 27.3 Å². The summed E-state index contributed by atoms with van der Waals surface area (Å²) in [5.74, 6) is -0.536. The number of piperazine rings is 1. The maximum absolute atomic E-state index is 13.0. The van der Waals surface area contributed by atoms with Gasteiger partial charge >= 0.3 is 0 Å². The third-order valence-corrected chi connectivity index (χ3v) is 7.22. The van der Waals surface area contributed by atoms with E-state index in [1.165, 1.54) is 16.4 Å². The lowest BCUT2D eigenvalue weighted by Gasteiger charge is -2.33. The lowest BCUT2D eigenvalue weighted by molar-refractivity contribution is 0.0698. The SMILES string of the molecule is CCc1cc(C(=O)N2CCN(S(=O)(=O)c3ccc(F)cc3)CC2)cs1. The van der Waals surface area contributed by atoms with Gasteiger partial charge in [-0.1, -0.05) is 6.92 Å². The van der Waals surface area contributed by atoms with Crippen molar-refractivity contribution in [3.63, 3.8) is 0 Å². The Hall–Kier alpha value is -1.77. The van der Waals surface area contributed by atoms with Gasteiger partial charge in [0, 0.05) is 36.4 Å². The van der Waals surface area contributed by atoms with E-state index in [4.69, 9.17) is 0 Å². The highest BCUT2D eigenvalue weighted by molar-refractivity contribution is 7.89. The van der Waals surface area contributed by atoms with Crippen molar-refractivity contribution in [2.45, 2.75) is 18.2 Å². The van der Waals surface area contributed by atoms with Crippen LogP contribution in [-0.2, 0) is 16.4 Å². The Morgan fingerprint density at radius 1 is 1.16 bits per heavy atom. The van der Waals surface area contributed by atoms with E-state index in [-0.39, 0.29) is 23.9 Å². The smallest absolute Gasteiger partial charge is 0.254 e. The van der Waals surface area contributed by atoms with E-state index in [1.807, 2.05) is 18.4 Å². The number of nitrogens with zero attached hydrogens (tertiary/aromatic N) is 2. The summed E-state index contributed by atoms with van der Waals surface area (Å²) < 4.78 is 39.5. The van der Waals surface area contributed by atoms with Crippen LogP contribution in [0.2, 0.25) is 0 Å². The van der Waals surface area contributed by atoms with Crippen LogP contribution in [0.5, 0.6) is 0 Å². The van der Waals surface area contributed by atoms with Gasteiger partial charge in [0.25, 0.3) is 5.91 Å². The molecule has 1 amide bonds.